The van der Waals surface area contributed by atoms with Crippen molar-refractivity contribution in [1.29, 1.82) is 0 Å². The first-order valence-electron chi connectivity index (χ1n) is 7.18. The summed E-state index contributed by atoms with van der Waals surface area (Å²) in [4.78, 5) is 4.46. The van der Waals surface area contributed by atoms with Gasteiger partial charge >= 0.3 is 0 Å². The highest BCUT2D eigenvalue weighted by molar-refractivity contribution is 5.33. The molecule has 0 aliphatic rings. The van der Waals surface area contributed by atoms with Crippen LogP contribution in [0.5, 0.6) is 0 Å². The van der Waals surface area contributed by atoms with Gasteiger partial charge in [-0.15, -0.1) is 0 Å². The molecule has 0 saturated heterocycles. The Kier molecular flexibility index (Phi) is 4.56. The maximum Gasteiger partial charge on any atom is 0.0379 e. The van der Waals surface area contributed by atoms with Crippen LogP contribution < -0.4 is 5.32 Å². The van der Waals surface area contributed by atoms with Gasteiger partial charge in [-0.2, -0.15) is 0 Å². The number of hydrogen-bond acceptors (Lipinski definition) is 2. The lowest BCUT2D eigenvalue weighted by molar-refractivity contribution is 0.588. The maximum absolute atomic E-state index is 4.46. The molecule has 0 aliphatic carbocycles. The number of hydrogen-bond donors (Lipinski definition) is 1. The van der Waals surface area contributed by atoms with E-state index in [1.54, 1.807) is 0 Å². The second-order valence-electron chi connectivity index (χ2n) is 5.66. The number of aromatic nitrogens is 1. The first-order chi connectivity index (χ1) is 9.49. The Labute approximate surface area is 122 Å². The molecule has 1 atom stereocenters. The van der Waals surface area contributed by atoms with Crippen LogP contribution >= 0.6 is 0 Å². The molecule has 0 aliphatic heterocycles. The highest BCUT2D eigenvalue weighted by atomic mass is 14.9. The summed E-state index contributed by atoms with van der Waals surface area (Å²) in [6.07, 6.45) is 1.01. The molecule has 1 heterocycles. The van der Waals surface area contributed by atoms with E-state index in [9.17, 15) is 0 Å². The van der Waals surface area contributed by atoms with Crippen molar-refractivity contribution in [3.8, 4) is 0 Å². The Morgan fingerprint density at radius 1 is 1.00 bits per heavy atom. The van der Waals surface area contributed by atoms with E-state index in [1.807, 2.05) is 7.05 Å². The zero-order valence-electron chi connectivity index (χ0n) is 13.1. The lowest BCUT2D eigenvalue weighted by Crippen LogP contribution is -2.20. The third-order valence-corrected chi connectivity index (χ3v) is 3.78. The maximum atomic E-state index is 4.46. The molecule has 2 aromatic rings. The van der Waals surface area contributed by atoms with Crippen molar-refractivity contribution in [3.05, 3.63) is 64.0 Å². The number of nitrogens with zero attached hydrogens (tertiary/aromatic N) is 1. The van der Waals surface area contributed by atoms with E-state index in [4.69, 9.17) is 0 Å². The van der Waals surface area contributed by atoms with Gasteiger partial charge in [-0.1, -0.05) is 23.8 Å². The summed E-state index contributed by atoms with van der Waals surface area (Å²) in [5, 5.41) is 3.44. The van der Waals surface area contributed by atoms with Gasteiger partial charge in [-0.05, 0) is 70.0 Å². The fourth-order valence-electron chi connectivity index (χ4n) is 2.69. The number of rotatable bonds is 4. The highest BCUT2D eigenvalue weighted by Gasteiger charge is 2.13. The summed E-state index contributed by atoms with van der Waals surface area (Å²) in [5.41, 5.74) is 7.58. The van der Waals surface area contributed by atoms with Gasteiger partial charge in [-0.25, -0.2) is 0 Å². The van der Waals surface area contributed by atoms with Crippen LogP contribution in [0.3, 0.4) is 0 Å². The molecular formula is C18H24N2. The van der Waals surface area contributed by atoms with Gasteiger partial charge in [0.25, 0.3) is 0 Å². The van der Waals surface area contributed by atoms with Gasteiger partial charge < -0.3 is 5.32 Å². The molecule has 1 aromatic heterocycles. The minimum Gasteiger partial charge on any atom is -0.313 e. The Balaban J connectivity index is 2.30. The normalized spacial score (nSPS) is 12.4. The molecule has 1 N–H and O–H groups in total. The molecule has 1 aromatic carbocycles. The van der Waals surface area contributed by atoms with Crippen LogP contribution in [0.4, 0.5) is 0 Å². The molecule has 1 unspecified atom stereocenters. The summed E-state index contributed by atoms with van der Waals surface area (Å²) in [6.45, 7) is 8.45. The SMILES string of the molecule is CNC(Cc1cc(C)ccc1C)c1cc(C)nc(C)c1. The second-order valence-corrected chi connectivity index (χ2v) is 5.66. The summed E-state index contributed by atoms with van der Waals surface area (Å²) >= 11 is 0. The summed E-state index contributed by atoms with van der Waals surface area (Å²) in [7, 11) is 2.03. The predicted molar refractivity (Wildman–Crippen MR) is 85.1 cm³/mol. The van der Waals surface area contributed by atoms with E-state index in [0.29, 0.717) is 6.04 Å². The Hall–Kier alpha value is -1.67. The zero-order valence-corrected chi connectivity index (χ0v) is 13.1. The van der Waals surface area contributed by atoms with Crippen LogP contribution in [0.15, 0.2) is 30.3 Å². The van der Waals surface area contributed by atoms with E-state index in [-0.39, 0.29) is 0 Å². The molecule has 0 radical (unpaired) electrons. The van der Waals surface area contributed by atoms with E-state index >= 15 is 0 Å². The van der Waals surface area contributed by atoms with Crippen LogP contribution in [0.1, 0.15) is 39.7 Å². The topological polar surface area (TPSA) is 24.9 Å². The molecule has 0 spiro atoms. The molecule has 0 bridgehead atoms. The van der Waals surface area contributed by atoms with E-state index < -0.39 is 0 Å². The van der Waals surface area contributed by atoms with Crippen LogP contribution in [0, 0.1) is 27.7 Å². The van der Waals surface area contributed by atoms with Crippen molar-refractivity contribution in [2.24, 2.45) is 0 Å². The standard InChI is InChI=1S/C18H24N2/c1-12-6-7-13(2)16(8-12)11-18(19-5)17-9-14(3)20-15(4)10-17/h6-10,18-19H,11H2,1-5H3. The summed E-state index contributed by atoms with van der Waals surface area (Å²) in [5.74, 6) is 0. The highest BCUT2D eigenvalue weighted by Crippen LogP contribution is 2.22. The van der Waals surface area contributed by atoms with Crippen LogP contribution in [0.25, 0.3) is 0 Å². The number of benzene rings is 1. The fraction of sp³-hybridized carbons (Fsp3) is 0.389. The van der Waals surface area contributed by atoms with Gasteiger partial charge in [-0.3, -0.25) is 4.98 Å². The molecule has 2 heteroatoms. The first kappa shape index (κ1) is 14.7. The third kappa shape index (κ3) is 3.45. The number of likely N-dealkylation sites (N-methyl/N-ethyl adjacent to an activating group) is 1. The minimum absolute atomic E-state index is 0.330. The largest absolute Gasteiger partial charge is 0.313 e. The van der Waals surface area contributed by atoms with Crippen LogP contribution in [0.2, 0.25) is 0 Å². The van der Waals surface area contributed by atoms with Crippen molar-refractivity contribution < 1.29 is 0 Å². The van der Waals surface area contributed by atoms with Crippen molar-refractivity contribution in [2.75, 3.05) is 7.05 Å². The first-order valence-corrected chi connectivity index (χ1v) is 7.18. The smallest absolute Gasteiger partial charge is 0.0379 e. The van der Waals surface area contributed by atoms with Crippen LogP contribution in [-0.2, 0) is 6.42 Å². The Morgan fingerprint density at radius 2 is 1.65 bits per heavy atom. The quantitative estimate of drug-likeness (QED) is 0.912. The minimum atomic E-state index is 0.330. The zero-order chi connectivity index (χ0) is 14.7. The van der Waals surface area contributed by atoms with Crippen molar-refractivity contribution >= 4 is 0 Å². The molecule has 20 heavy (non-hydrogen) atoms. The summed E-state index contributed by atoms with van der Waals surface area (Å²) in [6, 6.07) is 11.4. The van der Waals surface area contributed by atoms with Crippen molar-refractivity contribution in [3.63, 3.8) is 0 Å². The van der Waals surface area contributed by atoms with Gasteiger partial charge in [0.1, 0.15) is 0 Å². The van der Waals surface area contributed by atoms with Gasteiger partial charge in [0.2, 0.25) is 0 Å². The molecule has 0 amide bonds. The van der Waals surface area contributed by atoms with Gasteiger partial charge in [0, 0.05) is 17.4 Å². The van der Waals surface area contributed by atoms with E-state index in [2.05, 4.69) is 68.3 Å². The predicted octanol–water partition coefficient (Wildman–Crippen LogP) is 3.82. The number of nitrogens with one attached hydrogen (secondary N) is 1. The van der Waals surface area contributed by atoms with Gasteiger partial charge in [0.05, 0.1) is 0 Å². The van der Waals surface area contributed by atoms with Crippen molar-refractivity contribution in [2.45, 2.75) is 40.2 Å². The Bertz CT molecular complexity index is 582. The number of aryl methyl sites for hydroxylation is 4. The Morgan fingerprint density at radius 3 is 2.25 bits per heavy atom. The lowest BCUT2D eigenvalue weighted by atomic mass is 9.94. The van der Waals surface area contributed by atoms with E-state index in [0.717, 1.165) is 17.8 Å². The molecule has 0 fully saturated rings. The summed E-state index contributed by atoms with van der Waals surface area (Å²) < 4.78 is 0. The monoisotopic (exact) mass is 268 g/mol. The average molecular weight is 268 g/mol. The third-order valence-electron chi connectivity index (χ3n) is 3.78. The molecule has 0 saturated carbocycles. The number of pyridine rings is 1. The average Bonchev–Trinajstić information content (AvgIpc) is 2.38. The molecular weight excluding hydrogens is 244 g/mol. The molecule has 2 nitrogen and oxygen atoms in total. The van der Waals surface area contributed by atoms with E-state index in [1.165, 1.54) is 22.3 Å². The van der Waals surface area contributed by atoms with Crippen molar-refractivity contribution in [1.82, 2.24) is 10.3 Å². The lowest BCUT2D eigenvalue weighted by Gasteiger charge is -2.19. The molecule has 106 valence electrons. The second kappa shape index (κ2) is 6.19. The van der Waals surface area contributed by atoms with Crippen LogP contribution in [-0.4, -0.2) is 12.0 Å². The van der Waals surface area contributed by atoms with Gasteiger partial charge in [0.15, 0.2) is 0 Å². The molecule has 2 rings (SSSR count). The fourth-order valence-corrected chi connectivity index (χ4v) is 2.69.